The first kappa shape index (κ1) is 14.4. The number of carbonyl (C=O) groups is 1. The number of thiazole rings is 1. The number of hydrogen-bond acceptors (Lipinski definition) is 6. The van der Waals surface area contributed by atoms with E-state index in [2.05, 4.69) is 4.98 Å². The van der Waals surface area contributed by atoms with Crippen LogP contribution in [-0.4, -0.2) is 56.4 Å². The Bertz CT molecular complexity index is 560. The lowest BCUT2D eigenvalue weighted by atomic mass is 10.3. The molecule has 1 aromatic heterocycles. The molecule has 8 heteroatoms. The maximum Gasteiger partial charge on any atom is 0.211 e. The van der Waals surface area contributed by atoms with Crippen LogP contribution in [0.15, 0.2) is 0 Å². The van der Waals surface area contributed by atoms with Gasteiger partial charge in [0.2, 0.25) is 10.0 Å². The summed E-state index contributed by atoms with van der Waals surface area (Å²) in [6.45, 7) is 4.13. The van der Waals surface area contributed by atoms with Crippen LogP contribution in [0, 0.1) is 0 Å². The lowest BCUT2D eigenvalue weighted by Crippen LogP contribution is -2.48. The van der Waals surface area contributed by atoms with Gasteiger partial charge in [0.1, 0.15) is 0 Å². The molecular formula is C11H17N3O3S2. The van der Waals surface area contributed by atoms with Crippen molar-refractivity contribution in [2.45, 2.75) is 13.3 Å². The molecule has 0 spiro atoms. The highest BCUT2D eigenvalue weighted by Crippen LogP contribution is 2.26. The summed E-state index contributed by atoms with van der Waals surface area (Å²) < 4.78 is 24.3. The molecule has 0 unspecified atom stereocenters. The smallest absolute Gasteiger partial charge is 0.211 e. The SMILES string of the molecule is CCc1nc(N2CCN(S(C)(=O)=O)CC2)sc1C=O. The summed E-state index contributed by atoms with van der Waals surface area (Å²) in [7, 11) is -3.11. The van der Waals surface area contributed by atoms with Crippen LogP contribution >= 0.6 is 11.3 Å². The van der Waals surface area contributed by atoms with Gasteiger partial charge in [0, 0.05) is 26.2 Å². The number of aldehydes is 1. The van der Waals surface area contributed by atoms with E-state index in [1.165, 1.54) is 21.9 Å². The fourth-order valence-corrected chi connectivity index (χ4v) is 3.89. The topological polar surface area (TPSA) is 70.6 Å². The second-order valence-electron chi connectivity index (χ2n) is 4.43. The summed E-state index contributed by atoms with van der Waals surface area (Å²) in [5.74, 6) is 0. The summed E-state index contributed by atoms with van der Waals surface area (Å²) in [6.07, 6.45) is 2.80. The fourth-order valence-electron chi connectivity index (χ4n) is 2.04. The van der Waals surface area contributed by atoms with Gasteiger partial charge < -0.3 is 4.90 Å². The van der Waals surface area contributed by atoms with E-state index in [4.69, 9.17) is 0 Å². The van der Waals surface area contributed by atoms with Gasteiger partial charge in [0.05, 0.1) is 16.8 Å². The van der Waals surface area contributed by atoms with Gasteiger partial charge in [0.15, 0.2) is 11.4 Å². The van der Waals surface area contributed by atoms with E-state index in [1.54, 1.807) is 0 Å². The molecule has 1 aromatic rings. The van der Waals surface area contributed by atoms with E-state index < -0.39 is 10.0 Å². The number of rotatable bonds is 4. The normalized spacial score (nSPS) is 17.7. The second-order valence-corrected chi connectivity index (χ2v) is 7.42. The molecule has 0 saturated carbocycles. The van der Waals surface area contributed by atoms with Gasteiger partial charge in [-0.3, -0.25) is 4.79 Å². The Morgan fingerprint density at radius 3 is 2.37 bits per heavy atom. The molecule has 2 heterocycles. The van der Waals surface area contributed by atoms with E-state index in [9.17, 15) is 13.2 Å². The first-order valence-corrected chi connectivity index (χ1v) is 8.77. The van der Waals surface area contributed by atoms with Crippen molar-refractivity contribution < 1.29 is 13.2 Å². The van der Waals surface area contributed by atoms with Crippen LogP contribution in [0.5, 0.6) is 0 Å². The van der Waals surface area contributed by atoms with Gasteiger partial charge in [-0.25, -0.2) is 13.4 Å². The molecule has 19 heavy (non-hydrogen) atoms. The lowest BCUT2D eigenvalue weighted by Gasteiger charge is -2.32. The third-order valence-electron chi connectivity index (χ3n) is 3.14. The fraction of sp³-hybridized carbons (Fsp3) is 0.636. The largest absolute Gasteiger partial charge is 0.345 e. The Labute approximate surface area is 117 Å². The number of piperazine rings is 1. The average molecular weight is 303 g/mol. The molecule has 2 rings (SSSR count). The van der Waals surface area contributed by atoms with Crippen LogP contribution in [-0.2, 0) is 16.4 Å². The van der Waals surface area contributed by atoms with Crippen LogP contribution in [0.25, 0.3) is 0 Å². The molecule has 1 saturated heterocycles. The summed E-state index contributed by atoms with van der Waals surface area (Å²) in [5, 5.41) is 0.812. The molecule has 1 fully saturated rings. The van der Waals surface area contributed by atoms with Crippen molar-refractivity contribution in [3.05, 3.63) is 10.6 Å². The highest BCUT2D eigenvalue weighted by Gasteiger charge is 2.25. The Kier molecular flexibility index (Phi) is 4.22. The molecule has 0 atom stereocenters. The Morgan fingerprint density at radius 1 is 1.32 bits per heavy atom. The van der Waals surface area contributed by atoms with Crippen LogP contribution < -0.4 is 4.90 Å². The van der Waals surface area contributed by atoms with Gasteiger partial charge in [-0.05, 0) is 6.42 Å². The van der Waals surface area contributed by atoms with E-state index in [1.807, 2.05) is 11.8 Å². The van der Waals surface area contributed by atoms with Gasteiger partial charge in [-0.2, -0.15) is 4.31 Å². The number of sulfonamides is 1. The van der Waals surface area contributed by atoms with Crippen molar-refractivity contribution in [2.75, 3.05) is 37.3 Å². The Morgan fingerprint density at radius 2 is 1.95 bits per heavy atom. The molecule has 0 N–H and O–H groups in total. The first-order valence-electron chi connectivity index (χ1n) is 6.10. The molecule has 0 aromatic carbocycles. The molecule has 1 aliphatic rings. The van der Waals surface area contributed by atoms with E-state index in [0.717, 1.165) is 23.5 Å². The number of anilines is 1. The zero-order chi connectivity index (χ0) is 14.0. The molecular weight excluding hydrogens is 286 g/mol. The van der Waals surface area contributed by atoms with Crippen molar-refractivity contribution in [1.29, 1.82) is 0 Å². The number of aromatic nitrogens is 1. The predicted octanol–water partition coefficient (Wildman–Crippen LogP) is 0.600. The minimum Gasteiger partial charge on any atom is -0.345 e. The average Bonchev–Trinajstić information content (AvgIpc) is 2.81. The first-order chi connectivity index (χ1) is 8.95. The molecule has 0 radical (unpaired) electrons. The van der Waals surface area contributed by atoms with Gasteiger partial charge >= 0.3 is 0 Å². The highest BCUT2D eigenvalue weighted by atomic mass is 32.2. The molecule has 1 aliphatic heterocycles. The third-order valence-corrected chi connectivity index (χ3v) is 5.52. The van der Waals surface area contributed by atoms with Crippen LogP contribution in [0.1, 0.15) is 22.3 Å². The number of hydrogen-bond donors (Lipinski definition) is 0. The highest BCUT2D eigenvalue weighted by molar-refractivity contribution is 7.88. The van der Waals surface area contributed by atoms with Crippen molar-refractivity contribution in [3.8, 4) is 0 Å². The number of aryl methyl sites for hydroxylation is 1. The molecule has 106 valence electrons. The molecule has 0 amide bonds. The van der Waals surface area contributed by atoms with E-state index in [0.29, 0.717) is 31.1 Å². The second kappa shape index (κ2) is 5.56. The maximum atomic E-state index is 11.4. The molecule has 0 bridgehead atoms. The minimum atomic E-state index is -3.11. The number of carbonyl (C=O) groups excluding carboxylic acids is 1. The van der Waals surface area contributed by atoms with Crippen molar-refractivity contribution >= 4 is 32.8 Å². The van der Waals surface area contributed by atoms with Crippen molar-refractivity contribution in [2.24, 2.45) is 0 Å². The standard InChI is InChI=1S/C11H17N3O3S2/c1-3-9-10(8-15)18-11(12-9)13-4-6-14(7-5-13)19(2,16)17/h8H,3-7H2,1-2H3. The Hall–Kier alpha value is -0.990. The lowest BCUT2D eigenvalue weighted by molar-refractivity contribution is 0.112. The monoisotopic (exact) mass is 303 g/mol. The summed E-state index contributed by atoms with van der Waals surface area (Å²) in [6, 6.07) is 0. The molecule has 6 nitrogen and oxygen atoms in total. The van der Waals surface area contributed by atoms with E-state index in [-0.39, 0.29) is 0 Å². The van der Waals surface area contributed by atoms with Gasteiger partial charge in [-0.15, -0.1) is 0 Å². The molecule has 0 aliphatic carbocycles. The summed E-state index contributed by atoms with van der Waals surface area (Å²) in [5.41, 5.74) is 0.820. The minimum absolute atomic E-state index is 0.469. The predicted molar refractivity (Wildman–Crippen MR) is 75.5 cm³/mol. The van der Waals surface area contributed by atoms with Crippen LogP contribution in [0.3, 0.4) is 0 Å². The maximum absolute atomic E-state index is 11.4. The van der Waals surface area contributed by atoms with E-state index >= 15 is 0 Å². The Balaban J connectivity index is 2.09. The zero-order valence-corrected chi connectivity index (χ0v) is 12.6. The quantitative estimate of drug-likeness (QED) is 0.762. The van der Waals surface area contributed by atoms with Crippen molar-refractivity contribution in [1.82, 2.24) is 9.29 Å². The number of nitrogens with zero attached hydrogens (tertiary/aromatic N) is 3. The zero-order valence-electron chi connectivity index (χ0n) is 11.0. The summed E-state index contributed by atoms with van der Waals surface area (Å²) in [4.78, 5) is 18.1. The van der Waals surface area contributed by atoms with Gasteiger partial charge in [-0.1, -0.05) is 18.3 Å². The van der Waals surface area contributed by atoms with Crippen LogP contribution in [0.2, 0.25) is 0 Å². The van der Waals surface area contributed by atoms with Gasteiger partial charge in [0.25, 0.3) is 0 Å². The van der Waals surface area contributed by atoms with Crippen LogP contribution in [0.4, 0.5) is 5.13 Å². The van der Waals surface area contributed by atoms with Crippen molar-refractivity contribution in [3.63, 3.8) is 0 Å². The third kappa shape index (κ3) is 3.13. The summed E-state index contributed by atoms with van der Waals surface area (Å²) >= 11 is 1.38.